The van der Waals surface area contributed by atoms with Crippen molar-refractivity contribution in [3.05, 3.63) is 23.3 Å². The van der Waals surface area contributed by atoms with Crippen molar-refractivity contribution >= 4 is 5.97 Å². The monoisotopic (exact) mass is 264 g/mol. The topological polar surface area (TPSA) is 66.8 Å². The van der Waals surface area contributed by atoms with Gasteiger partial charge in [0.1, 0.15) is 0 Å². The summed E-state index contributed by atoms with van der Waals surface area (Å²) in [5.74, 6) is -0.496. The maximum atomic E-state index is 11.8. The lowest BCUT2D eigenvalue weighted by molar-refractivity contribution is -0.145. The summed E-state index contributed by atoms with van der Waals surface area (Å²) in [5.41, 5.74) is 0.325. The average Bonchev–Trinajstić information content (AvgIpc) is 2.40. The van der Waals surface area contributed by atoms with E-state index in [1.807, 2.05) is 13.0 Å². The molecule has 2 rings (SSSR count). The number of rotatable bonds is 3. The Balaban J connectivity index is 2.57. The van der Waals surface area contributed by atoms with E-state index in [1.165, 1.54) is 7.11 Å². The molecule has 19 heavy (non-hydrogen) atoms. The van der Waals surface area contributed by atoms with Crippen LogP contribution in [-0.2, 0) is 10.2 Å². The van der Waals surface area contributed by atoms with Crippen LogP contribution in [0.15, 0.2) is 12.1 Å². The van der Waals surface area contributed by atoms with Gasteiger partial charge in [-0.3, -0.25) is 4.79 Å². The second kappa shape index (κ2) is 5.11. The first-order valence-electron chi connectivity index (χ1n) is 6.63. The van der Waals surface area contributed by atoms with Crippen LogP contribution in [0.3, 0.4) is 0 Å². The van der Waals surface area contributed by atoms with Crippen molar-refractivity contribution in [2.24, 2.45) is 0 Å². The summed E-state index contributed by atoms with van der Waals surface area (Å²) in [6.07, 6.45) is 3.95. The van der Waals surface area contributed by atoms with Crippen LogP contribution in [0.5, 0.6) is 11.5 Å². The van der Waals surface area contributed by atoms with E-state index >= 15 is 0 Å². The van der Waals surface area contributed by atoms with Crippen LogP contribution in [0.2, 0.25) is 0 Å². The van der Waals surface area contributed by atoms with Gasteiger partial charge >= 0.3 is 5.97 Å². The Bertz CT molecular complexity index is 487. The first-order valence-corrected chi connectivity index (χ1v) is 6.63. The first kappa shape index (κ1) is 13.7. The molecule has 0 amide bonds. The fraction of sp³-hybridized carbons (Fsp3) is 0.533. The minimum Gasteiger partial charge on any atom is -0.504 e. The number of carbonyl (C=O) groups is 1. The number of carboxylic acid groups (broad SMARTS) is 1. The third-order valence-corrected chi connectivity index (χ3v) is 4.16. The molecule has 4 heteroatoms. The smallest absolute Gasteiger partial charge is 0.314 e. The van der Waals surface area contributed by atoms with Gasteiger partial charge in [0.15, 0.2) is 11.5 Å². The minimum absolute atomic E-state index is 0.0215. The summed E-state index contributed by atoms with van der Waals surface area (Å²) < 4.78 is 5.19. The van der Waals surface area contributed by atoms with E-state index in [4.69, 9.17) is 4.74 Å². The second-order valence-corrected chi connectivity index (χ2v) is 5.26. The number of phenolic OH excluding ortho intramolecular Hbond substituents is 1. The van der Waals surface area contributed by atoms with Gasteiger partial charge < -0.3 is 14.9 Å². The Morgan fingerprint density at radius 1 is 1.26 bits per heavy atom. The average molecular weight is 264 g/mol. The highest BCUT2D eigenvalue weighted by molar-refractivity contribution is 5.83. The van der Waals surface area contributed by atoms with Crippen LogP contribution in [0.1, 0.15) is 43.2 Å². The molecular weight excluding hydrogens is 244 g/mol. The maximum absolute atomic E-state index is 11.8. The summed E-state index contributed by atoms with van der Waals surface area (Å²) in [4.78, 5) is 11.8. The number of aryl methyl sites for hydroxylation is 1. The Morgan fingerprint density at radius 2 is 1.89 bits per heavy atom. The van der Waals surface area contributed by atoms with Crippen LogP contribution in [0, 0.1) is 6.92 Å². The van der Waals surface area contributed by atoms with E-state index in [-0.39, 0.29) is 5.75 Å². The van der Waals surface area contributed by atoms with Crippen molar-refractivity contribution in [2.75, 3.05) is 7.11 Å². The molecule has 1 aromatic rings. The van der Waals surface area contributed by atoms with Gasteiger partial charge in [0.25, 0.3) is 0 Å². The predicted octanol–water partition coefficient (Wildman–Crippen LogP) is 3.00. The summed E-state index contributed by atoms with van der Waals surface area (Å²) in [7, 11) is 1.49. The zero-order valence-corrected chi connectivity index (χ0v) is 11.4. The molecule has 104 valence electrons. The summed E-state index contributed by atoms with van der Waals surface area (Å²) in [6, 6.07) is 3.54. The molecule has 0 aromatic heterocycles. The summed E-state index contributed by atoms with van der Waals surface area (Å²) in [6.45, 7) is 1.83. The molecule has 0 radical (unpaired) electrons. The summed E-state index contributed by atoms with van der Waals surface area (Å²) >= 11 is 0. The molecule has 1 aromatic carbocycles. The Labute approximate surface area is 113 Å². The number of methoxy groups -OCH3 is 1. The van der Waals surface area contributed by atoms with Crippen LogP contribution >= 0.6 is 0 Å². The molecule has 0 unspecified atom stereocenters. The van der Waals surface area contributed by atoms with Crippen molar-refractivity contribution in [2.45, 2.75) is 44.4 Å². The third kappa shape index (κ3) is 2.15. The SMILES string of the molecule is COc1c(C)ccc(C2(C(=O)O)CCCCC2)c1O. The lowest BCUT2D eigenvalue weighted by Gasteiger charge is -2.34. The first-order chi connectivity index (χ1) is 9.03. The van der Waals surface area contributed by atoms with Crippen LogP contribution in [0.25, 0.3) is 0 Å². The van der Waals surface area contributed by atoms with E-state index in [0.717, 1.165) is 24.8 Å². The molecule has 0 heterocycles. The number of hydrogen-bond acceptors (Lipinski definition) is 3. The highest BCUT2D eigenvalue weighted by Gasteiger charge is 2.43. The number of carboxylic acids is 1. The molecule has 0 bridgehead atoms. The maximum Gasteiger partial charge on any atom is 0.314 e. The van der Waals surface area contributed by atoms with E-state index in [2.05, 4.69) is 0 Å². The Kier molecular flexibility index (Phi) is 3.69. The van der Waals surface area contributed by atoms with Crippen LogP contribution in [0.4, 0.5) is 0 Å². The van der Waals surface area contributed by atoms with Gasteiger partial charge in [-0.05, 0) is 25.3 Å². The molecular formula is C15H20O4. The molecule has 1 aliphatic carbocycles. The van der Waals surface area contributed by atoms with E-state index in [1.54, 1.807) is 6.07 Å². The molecule has 2 N–H and O–H groups in total. The fourth-order valence-electron chi connectivity index (χ4n) is 3.07. The molecule has 1 saturated carbocycles. The van der Waals surface area contributed by atoms with Crippen molar-refractivity contribution in [3.8, 4) is 11.5 Å². The van der Waals surface area contributed by atoms with E-state index in [0.29, 0.717) is 24.2 Å². The predicted molar refractivity (Wildman–Crippen MR) is 71.8 cm³/mol. The van der Waals surface area contributed by atoms with Gasteiger partial charge in [-0.1, -0.05) is 31.4 Å². The number of ether oxygens (including phenoxy) is 1. The van der Waals surface area contributed by atoms with Gasteiger partial charge in [0.05, 0.1) is 12.5 Å². The van der Waals surface area contributed by atoms with E-state index in [9.17, 15) is 15.0 Å². The largest absolute Gasteiger partial charge is 0.504 e. The zero-order chi connectivity index (χ0) is 14.0. The Hall–Kier alpha value is -1.71. The van der Waals surface area contributed by atoms with Crippen molar-refractivity contribution < 1.29 is 19.7 Å². The van der Waals surface area contributed by atoms with Crippen LogP contribution < -0.4 is 4.74 Å². The zero-order valence-electron chi connectivity index (χ0n) is 11.4. The molecule has 0 aliphatic heterocycles. The quantitative estimate of drug-likeness (QED) is 0.880. The lowest BCUT2D eigenvalue weighted by Crippen LogP contribution is -2.37. The number of aliphatic carboxylic acids is 1. The Morgan fingerprint density at radius 3 is 2.42 bits per heavy atom. The molecule has 1 aliphatic rings. The summed E-state index contributed by atoms with van der Waals surface area (Å²) in [5, 5.41) is 20.0. The highest BCUT2D eigenvalue weighted by atomic mass is 16.5. The van der Waals surface area contributed by atoms with Crippen molar-refractivity contribution in [1.29, 1.82) is 0 Å². The fourth-order valence-corrected chi connectivity index (χ4v) is 3.07. The molecule has 0 saturated heterocycles. The van der Waals surface area contributed by atoms with Gasteiger partial charge in [-0.25, -0.2) is 0 Å². The lowest BCUT2D eigenvalue weighted by atomic mass is 9.69. The van der Waals surface area contributed by atoms with Crippen molar-refractivity contribution in [3.63, 3.8) is 0 Å². The highest BCUT2D eigenvalue weighted by Crippen LogP contribution is 2.46. The number of aromatic hydroxyl groups is 1. The van der Waals surface area contributed by atoms with Gasteiger partial charge in [-0.15, -0.1) is 0 Å². The molecule has 0 spiro atoms. The number of hydrogen-bond donors (Lipinski definition) is 2. The van der Waals surface area contributed by atoms with Crippen LogP contribution in [-0.4, -0.2) is 23.3 Å². The normalized spacial score (nSPS) is 18.0. The van der Waals surface area contributed by atoms with E-state index < -0.39 is 11.4 Å². The minimum atomic E-state index is -0.969. The molecule has 0 atom stereocenters. The van der Waals surface area contributed by atoms with Gasteiger partial charge in [-0.2, -0.15) is 0 Å². The van der Waals surface area contributed by atoms with Gasteiger partial charge in [0.2, 0.25) is 0 Å². The van der Waals surface area contributed by atoms with Crippen molar-refractivity contribution in [1.82, 2.24) is 0 Å². The standard InChI is InChI=1S/C15H20O4/c1-10-6-7-11(12(16)13(10)19-2)15(14(17)18)8-4-3-5-9-15/h6-7,16H,3-5,8-9H2,1-2H3,(H,17,18). The van der Waals surface area contributed by atoms with Gasteiger partial charge in [0, 0.05) is 5.56 Å². The molecule has 1 fully saturated rings. The number of phenols is 1. The number of benzene rings is 1. The second-order valence-electron chi connectivity index (χ2n) is 5.26. The molecule has 4 nitrogen and oxygen atoms in total. The third-order valence-electron chi connectivity index (χ3n) is 4.16.